The zero-order valence-corrected chi connectivity index (χ0v) is 17.3. The number of unbranched alkanes of at least 4 members (excludes halogenated alkanes) is 1. The van der Waals surface area contributed by atoms with Crippen LogP contribution in [0.5, 0.6) is 17.2 Å². The minimum atomic E-state index is -0.256. The molecule has 3 rings (SSSR count). The van der Waals surface area contributed by atoms with Crippen LogP contribution < -0.4 is 19.5 Å². The zero-order chi connectivity index (χ0) is 20.5. The lowest BCUT2D eigenvalue weighted by molar-refractivity contribution is 0.102. The Labute approximate surface area is 174 Å². The molecule has 3 aromatic rings. The van der Waals surface area contributed by atoms with Crippen LogP contribution in [0, 0.1) is 0 Å². The number of ether oxygens (including phenoxy) is 3. The van der Waals surface area contributed by atoms with Gasteiger partial charge in [0.25, 0.3) is 5.91 Å². The Balaban J connectivity index is 1.69. The van der Waals surface area contributed by atoms with E-state index in [9.17, 15) is 4.79 Å². The summed E-state index contributed by atoms with van der Waals surface area (Å²) in [7, 11) is 1.56. The molecule has 0 aliphatic carbocycles. The molecule has 1 heterocycles. The molecule has 0 radical (unpaired) electrons. The maximum Gasteiger partial charge on any atom is 0.255 e. The van der Waals surface area contributed by atoms with Gasteiger partial charge < -0.3 is 19.5 Å². The van der Waals surface area contributed by atoms with Gasteiger partial charge in [-0.05, 0) is 36.8 Å². The van der Waals surface area contributed by atoms with Crippen molar-refractivity contribution >= 4 is 22.9 Å². The summed E-state index contributed by atoms with van der Waals surface area (Å²) in [5.41, 5.74) is 3.67. The summed E-state index contributed by atoms with van der Waals surface area (Å²) in [6, 6.07) is 12.5. The smallest absolute Gasteiger partial charge is 0.255 e. The molecular formula is C22H24N2O4S. The highest BCUT2D eigenvalue weighted by atomic mass is 32.1. The van der Waals surface area contributed by atoms with E-state index in [1.807, 2.05) is 23.6 Å². The van der Waals surface area contributed by atoms with E-state index in [1.54, 1.807) is 36.9 Å². The van der Waals surface area contributed by atoms with Crippen LogP contribution in [0.1, 0.15) is 35.8 Å². The third-order valence-electron chi connectivity index (χ3n) is 4.18. The molecule has 0 unspecified atom stereocenters. The molecular weight excluding hydrogens is 388 g/mol. The lowest BCUT2D eigenvalue weighted by Crippen LogP contribution is -2.13. The maximum absolute atomic E-state index is 12.8. The fraction of sp³-hybridized carbons (Fsp3) is 0.273. The van der Waals surface area contributed by atoms with Crippen LogP contribution in [0.4, 0.5) is 5.69 Å². The molecule has 29 heavy (non-hydrogen) atoms. The number of para-hydroxylation sites is 2. The Bertz CT molecular complexity index is 928. The van der Waals surface area contributed by atoms with Crippen LogP contribution in [0.3, 0.4) is 0 Å². The second-order valence-electron chi connectivity index (χ2n) is 6.29. The van der Waals surface area contributed by atoms with Gasteiger partial charge in [-0.1, -0.05) is 25.5 Å². The Morgan fingerprint density at radius 1 is 1.10 bits per heavy atom. The maximum atomic E-state index is 12.8. The number of aromatic nitrogens is 1. The summed E-state index contributed by atoms with van der Waals surface area (Å²) in [4.78, 5) is 17.0. The van der Waals surface area contributed by atoms with E-state index >= 15 is 0 Å². The molecule has 0 atom stereocenters. The number of benzene rings is 2. The van der Waals surface area contributed by atoms with Crippen molar-refractivity contribution in [1.29, 1.82) is 0 Å². The Kier molecular flexibility index (Phi) is 7.47. The predicted octanol–water partition coefficient (Wildman–Crippen LogP) is 5.16. The van der Waals surface area contributed by atoms with E-state index in [4.69, 9.17) is 14.2 Å². The van der Waals surface area contributed by atoms with Crippen LogP contribution in [-0.4, -0.2) is 24.6 Å². The highest BCUT2D eigenvalue weighted by Crippen LogP contribution is 2.30. The number of rotatable bonds is 10. The van der Waals surface area contributed by atoms with Crippen molar-refractivity contribution in [1.82, 2.24) is 4.98 Å². The zero-order valence-electron chi connectivity index (χ0n) is 16.5. The van der Waals surface area contributed by atoms with Gasteiger partial charge in [0.2, 0.25) is 0 Å². The van der Waals surface area contributed by atoms with E-state index in [0.717, 1.165) is 18.5 Å². The number of hydrogen-bond donors (Lipinski definition) is 1. The lowest BCUT2D eigenvalue weighted by Gasteiger charge is -2.14. The predicted molar refractivity (Wildman–Crippen MR) is 114 cm³/mol. The van der Waals surface area contributed by atoms with Gasteiger partial charge in [-0.3, -0.25) is 4.79 Å². The van der Waals surface area contributed by atoms with Gasteiger partial charge in [0.1, 0.15) is 12.4 Å². The fourth-order valence-electron chi connectivity index (χ4n) is 2.61. The first kappa shape index (κ1) is 20.7. The molecule has 7 heteroatoms. The van der Waals surface area contributed by atoms with Gasteiger partial charge in [0.15, 0.2) is 11.5 Å². The third kappa shape index (κ3) is 5.71. The van der Waals surface area contributed by atoms with Gasteiger partial charge >= 0.3 is 0 Å². The van der Waals surface area contributed by atoms with E-state index in [-0.39, 0.29) is 5.91 Å². The second-order valence-corrected chi connectivity index (χ2v) is 7.01. The Hall–Kier alpha value is -3.06. The molecule has 1 N–H and O–H groups in total. The van der Waals surface area contributed by atoms with Crippen molar-refractivity contribution < 1.29 is 19.0 Å². The quantitative estimate of drug-likeness (QED) is 0.466. The number of nitrogens with one attached hydrogen (secondary N) is 1. The lowest BCUT2D eigenvalue weighted by atomic mass is 10.1. The number of hydrogen-bond acceptors (Lipinski definition) is 6. The van der Waals surface area contributed by atoms with Crippen molar-refractivity contribution in [3.63, 3.8) is 0 Å². The van der Waals surface area contributed by atoms with Gasteiger partial charge in [0.05, 0.1) is 30.6 Å². The van der Waals surface area contributed by atoms with Crippen LogP contribution in [0.25, 0.3) is 0 Å². The van der Waals surface area contributed by atoms with E-state index < -0.39 is 0 Å². The molecule has 0 saturated carbocycles. The topological polar surface area (TPSA) is 69.7 Å². The van der Waals surface area contributed by atoms with Crippen LogP contribution >= 0.6 is 11.3 Å². The molecule has 0 bridgehead atoms. The standard InChI is InChI=1S/C22H24N2O4S/c1-3-4-11-27-20-10-9-16(12-21(20)26-2)22(25)24-18-7-5-6-8-19(18)28-13-17-14-29-15-23-17/h5-10,12,14-15H,3-4,11,13H2,1-2H3,(H,24,25). The summed E-state index contributed by atoms with van der Waals surface area (Å²) in [6.07, 6.45) is 2.01. The van der Waals surface area contributed by atoms with Gasteiger partial charge in [-0.2, -0.15) is 0 Å². The molecule has 0 spiro atoms. The minimum Gasteiger partial charge on any atom is -0.493 e. The molecule has 6 nitrogen and oxygen atoms in total. The SMILES string of the molecule is CCCCOc1ccc(C(=O)Nc2ccccc2OCc2cscn2)cc1OC. The average molecular weight is 413 g/mol. The van der Waals surface area contributed by atoms with Gasteiger partial charge in [0, 0.05) is 10.9 Å². The number of carbonyl (C=O) groups is 1. The van der Waals surface area contributed by atoms with Gasteiger partial charge in [-0.25, -0.2) is 4.98 Å². The summed E-state index contributed by atoms with van der Waals surface area (Å²) in [5, 5.41) is 4.83. The largest absolute Gasteiger partial charge is 0.493 e. The monoisotopic (exact) mass is 412 g/mol. The minimum absolute atomic E-state index is 0.256. The highest BCUT2D eigenvalue weighted by Gasteiger charge is 2.14. The first-order valence-electron chi connectivity index (χ1n) is 9.42. The van der Waals surface area contributed by atoms with E-state index in [0.29, 0.717) is 41.7 Å². The molecule has 0 aliphatic heterocycles. The van der Waals surface area contributed by atoms with Crippen molar-refractivity contribution in [2.45, 2.75) is 26.4 Å². The molecule has 0 fully saturated rings. The number of anilines is 1. The van der Waals surface area contributed by atoms with Gasteiger partial charge in [-0.15, -0.1) is 11.3 Å². The average Bonchev–Trinajstić information content (AvgIpc) is 3.27. The number of amides is 1. The van der Waals surface area contributed by atoms with Crippen molar-refractivity contribution in [3.05, 3.63) is 64.6 Å². The normalized spacial score (nSPS) is 10.4. The Morgan fingerprint density at radius 2 is 1.97 bits per heavy atom. The number of nitrogens with zero attached hydrogens (tertiary/aromatic N) is 1. The number of thiazole rings is 1. The second kappa shape index (κ2) is 10.5. The van der Waals surface area contributed by atoms with Crippen LogP contribution in [-0.2, 0) is 6.61 Å². The van der Waals surface area contributed by atoms with Crippen LogP contribution in [0.2, 0.25) is 0 Å². The molecule has 152 valence electrons. The summed E-state index contributed by atoms with van der Waals surface area (Å²) < 4.78 is 16.9. The Morgan fingerprint density at radius 3 is 2.72 bits per heavy atom. The number of carbonyl (C=O) groups excluding carboxylic acids is 1. The van der Waals surface area contributed by atoms with Crippen molar-refractivity contribution in [2.75, 3.05) is 19.0 Å². The van der Waals surface area contributed by atoms with Crippen molar-refractivity contribution in [2.24, 2.45) is 0 Å². The third-order valence-corrected chi connectivity index (χ3v) is 4.81. The summed E-state index contributed by atoms with van der Waals surface area (Å²) in [5.74, 6) is 1.49. The van der Waals surface area contributed by atoms with Crippen molar-refractivity contribution in [3.8, 4) is 17.2 Å². The summed E-state index contributed by atoms with van der Waals surface area (Å²) >= 11 is 1.51. The summed E-state index contributed by atoms with van der Waals surface area (Å²) in [6.45, 7) is 3.06. The molecule has 0 aliphatic rings. The first-order valence-corrected chi connectivity index (χ1v) is 10.4. The number of methoxy groups -OCH3 is 1. The van der Waals surface area contributed by atoms with Crippen LogP contribution in [0.15, 0.2) is 53.4 Å². The molecule has 1 aromatic heterocycles. The van der Waals surface area contributed by atoms with E-state index in [2.05, 4.69) is 17.2 Å². The molecule has 1 amide bonds. The van der Waals surface area contributed by atoms with E-state index in [1.165, 1.54) is 11.3 Å². The highest BCUT2D eigenvalue weighted by molar-refractivity contribution is 7.07. The first-order chi connectivity index (χ1) is 14.2. The molecule has 0 saturated heterocycles. The fourth-order valence-corrected chi connectivity index (χ4v) is 3.15. The molecule has 2 aromatic carbocycles.